The fraction of sp³-hybridized carbons (Fsp3) is 0.0833. The van der Waals surface area contributed by atoms with Crippen molar-refractivity contribution >= 4 is 34.5 Å². The van der Waals surface area contributed by atoms with E-state index in [4.69, 9.17) is 18.0 Å². The summed E-state index contributed by atoms with van der Waals surface area (Å²) in [5, 5.41) is 4.50. The standard InChI is InChI=1S/C12H11N3OS2/c13-11(17)9-3-1-8(2-4-9)5-14-12(16)10-6-18-7-15-10/h1-4,6-7H,5H2,(H2,13,17)(H,14,16). The van der Waals surface area contributed by atoms with Crippen molar-refractivity contribution in [2.24, 2.45) is 5.73 Å². The van der Waals surface area contributed by atoms with E-state index in [1.165, 1.54) is 11.3 Å². The van der Waals surface area contributed by atoms with E-state index in [9.17, 15) is 4.79 Å². The number of nitrogens with two attached hydrogens (primary N) is 1. The van der Waals surface area contributed by atoms with Gasteiger partial charge in [0.05, 0.1) is 5.51 Å². The van der Waals surface area contributed by atoms with E-state index in [-0.39, 0.29) is 5.91 Å². The van der Waals surface area contributed by atoms with Crippen molar-refractivity contribution in [2.75, 3.05) is 0 Å². The summed E-state index contributed by atoms with van der Waals surface area (Å²) in [7, 11) is 0. The van der Waals surface area contributed by atoms with Crippen molar-refractivity contribution in [3.05, 3.63) is 52.0 Å². The van der Waals surface area contributed by atoms with Crippen molar-refractivity contribution in [3.63, 3.8) is 0 Å². The Balaban J connectivity index is 1.94. The van der Waals surface area contributed by atoms with Crippen LogP contribution in [-0.4, -0.2) is 15.9 Å². The minimum Gasteiger partial charge on any atom is -0.389 e. The highest BCUT2D eigenvalue weighted by atomic mass is 32.1. The maximum atomic E-state index is 11.6. The molecule has 1 amide bonds. The van der Waals surface area contributed by atoms with Gasteiger partial charge in [0.25, 0.3) is 5.91 Å². The maximum Gasteiger partial charge on any atom is 0.271 e. The highest BCUT2D eigenvalue weighted by molar-refractivity contribution is 7.80. The highest BCUT2D eigenvalue weighted by Gasteiger charge is 2.06. The predicted molar refractivity (Wildman–Crippen MR) is 75.6 cm³/mol. The van der Waals surface area contributed by atoms with Crippen molar-refractivity contribution < 1.29 is 4.79 Å². The Morgan fingerprint density at radius 2 is 2.11 bits per heavy atom. The summed E-state index contributed by atoms with van der Waals surface area (Å²) < 4.78 is 0. The van der Waals surface area contributed by atoms with E-state index < -0.39 is 0 Å². The summed E-state index contributed by atoms with van der Waals surface area (Å²) in [5.74, 6) is -0.172. The molecule has 0 saturated carbocycles. The molecule has 92 valence electrons. The number of hydrogen-bond acceptors (Lipinski definition) is 4. The average molecular weight is 277 g/mol. The average Bonchev–Trinajstić information content (AvgIpc) is 2.90. The first-order valence-corrected chi connectivity index (χ1v) is 6.57. The molecule has 6 heteroatoms. The molecule has 0 aliphatic rings. The third-order valence-corrected chi connectivity index (χ3v) is 3.18. The van der Waals surface area contributed by atoms with Gasteiger partial charge in [0.15, 0.2) is 0 Å². The number of amides is 1. The molecule has 1 heterocycles. The Morgan fingerprint density at radius 3 is 2.67 bits per heavy atom. The molecule has 3 N–H and O–H groups in total. The zero-order chi connectivity index (χ0) is 13.0. The normalized spacial score (nSPS) is 10.0. The summed E-state index contributed by atoms with van der Waals surface area (Å²) in [6, 6.07) is 7.45. The maximum absolute atomic E-state index is 11.6. The van der Waals surface area contributed by atoms with Crippen LogP contribution in [-0.2, 0) is 6.54 Å². The molecule has 0 unspecified atom stereocenters. The van der Waals surface area contributed by atoms with Gasteiger partial charge in [-0.05, 0) is 5.56 Å². The fourth-order valence-corrected chi connectivity index (χ4v) is 2.05. The lowest BCUT2D eigenvalue weighted by molar-refractivity contribution is 0.0946. The molecule has 18 heavy (non-hydrogen) atoms. The van der Waals surface area contributed by atoms with Crippen molar-refractivity contribution in [3.8, 4) is 0 Å². The SMILES string of the molecule is NC(=S)c1ccc(CNC(=O)c2cscn2)cc1. The molecule has 2 aromatic rings. The number of carbonyl (C=O) groups is 1. The number of rotatable bonds is 4. The van der Waals surface area contributed by atoms with Gasteiger partial charge in [0.1, 0.15) is 10.7 Å². The van der Waals surface area contributed by atoms with Crippen LogP contribution >= 0.6 is 23.6 Å². The monoisotopic (exact) mass is 277 g/mol. The Kier molecular flexibility index (Phi) is 4.01. The third-order valence-electron chi connectivity index (χ3n) is 2.36. The molecule has 0 radical (unpaired) electrons. The van der Waals surface area contributed by atoms with E-state index in [2.05, 4.69) is 10.3 Å². The van der Waals surface area contributed by atoms with E-state index >= 15 is 0 Å². The lowest BCUT2D eigenvalue weighted by Crippen LogP contribution is -2.23. The fourth-order valence-electron chi connectivity index (χ4n) is 1.38. The molecule has 1 aromatic carbocycles. The first-order chi connectivity index (χ1) is 8.66. The quantitative estimate of drug-likeness (QED) is 0.835. The predicted octanol–water partition coefficient (Wildman–Crippen LogP) is 1.71. The number of thiocarbonyl (C=S) groups is 1. The number of aromatic nitrogens is 1. The molecular formula is C12H11N3OS2. The van der Waals surface area contributed by atoms with Gasteiger partial charge in [0.2, 0.25) is 0 Å². The summed E-state index contributed by atoms with van der Waals surface area (Å²) in [4.78, 5) is 16.0. The molecule has 0 spiro atoms. The van der Waals surface area contributed by atoms with Gasteiger partial charge in [-0.15, -0.1) is 11.3 Å². The van der Waals surface area contributed by atoms with Crippen LogP contribution in [0, 0.1) is 0 Å². The summed E-state index contributed by atoms with van der Waals surface area (Å²) in [6.07, 6.45) is 0. The molecule has 4 nitrogen and oxygen atoms in total. The lowest BCUT2D eigenvalue weighted by Gasteiger charge is -2.04. The van der Waals surface area contributed by atoms with Crippen LogP contribution in [0.2, 0.25) is 0 Å². The minimum absolute atomic E-state index is 0.172. The number of hydrogen-bond donors (Lipinski definition) is 2. The molecule has 0 atom stereocenters. The minimum atomic E-state index is -0.172. The Bertz CT molecular complexity index is 549. The van der Waals surface area contributed by atoms with Gasteiger partial charge in [-0.3, -0.25) is 4.79 Å². The molecular weight excluding hydrogens is 266 g/mol. The summed E-state index contributed by atoms with van der Waals surface area (Å²) >= 11 is 6.26. The second-order valence-corrected chi connectivity index (χ2v) is 4.78. The first kappa shape index (κ1) is 12.7. The lowest BCUT2D eigenvalue weighted by atomic mass is 10.1. The number of nitrogens with one attached hydrogen (secondary N) is 1. The zero-order valence-electron chi connectivity index (χ0n) is 9.42. The van der Waals surface area contributed by atoms with E-state index in [1.807, 2.05) is 24.3 Å². The molecule has 0 aliphatic heterocycles. The van der Waals surface area contributed by atoms with E-state index in [0.29, 0.717) is 17.2 Å². The Morgan fingerprint density at radius 1 is 1.39 bits per heavy atom. The zero-order valence-corrected chi connectivity index (χ0v) is 11.1. The summed E-state index contributed by atoms with van der Waals surface area (Å²) in [6.45, 7) is 0.452. The van der Waals surface area contributed by atoms with Crippen molar-refractivity contribution in [2.45, 2.75) is 6.54 Å². The van der Waals surface area contributed by atoms with Crippen LogP contribution < -0.4 is 11.1 Å². The number of thiazole rings is 1. The van der Waals surface area contributed by atoms with Gasteiger partial charge < -0.3 is 11.1 Å². The van der Waals surface area contributed by atoms with Gasteiger partial charge >= 0.3 is 0 Å². The van der Waals surface area contributed by atoms with Crippen LogP contribution in [0.25, 0.3) is 0 Å². The van der Waals surface area contributed by atoms with E-state index in [1.54, 1.807) is 10.9 Å². The second-order valence-electron chi connectivity index (χ2n) is 3.62. The Hall–Kier alpha value is -1.79. The molecule has 0 aliphatic carbocycles. The molecule has 0 saturated heterocycles. The molecule has 1 aromatic heterocycles. The van der Waals surface area contributed by atoms with Crippen LogP contribution in [0.4, 0.5) is 0 Å². The second kappa shape index (κ2) is 5.70. The van der Waals surface area contributed by atoms with Crippen LogP contribution in [0.1, 0.15) is 21.6 Å². The van der Waals surface area contributed by atoms with E-state index in [0.717, 1.165) is 11.1 Å². The van der Waals surface area contributed by atoms with Crippen molar-refractivity contribution in [1.29, 1.82) is 0 Å². The van der Waals surface area contributed by atoms with Gasteiger partial charge in [-0.2, -0.15) is 0 Å². The van der Waals surface area contributed by atoms with Crippen LogP contribution in [0.15, 0.2) is 35.2 Å². The number of nitrogens with zero attached hydrogens (tertiary/aromatic N) is 1. The largest absolute Gasteiger partial charge is 0.389 e. The van der Waals surface area contributed by atoms with Gasteiger partial charge in [-0.25, -0.2) is 4.98 Å². The number of carbonyl (C=O) groups excluding carboxylic acids is 1. The van der Waals surface area contributed by atoms with Gasteiger partial charge in [0, 0.05) is 17.5 Å². The molecule has 2 rings (SSSR count). The van der Waals surface area contributed by atoms with Gasteiger partial charge in [-0.1, -0.05) is 36.5 Å². The third kappa shape index (κ3) is 3.12. The van der Waals surface area contributed by atoms with Crippen LogP contribution in [0.3, 0.4) is 0 Å². The smallest absolute Gasteiger partial charge is 0.271 e. The Labute approximate surface area is 114 Å². The highest BCUT2D eigenvalue weighted by Crippen LogP contribution is 2.05. The molecule has 0 bridgehead atoms. The number of benzene rings is 1. The summed E-state index contributed by atoms with van der Waals surface area (Å²) in [5.41, 5.74) is 9.38. The van der Waals surface area contributed by atoms with Crippen molar-refractivity contribution in [1.82, 2.24) is 10.3 Å². The first-order valence-electron chi connectivity index (χ1n) is 5.22. The topological polar surface area (TPSA) is 68.0 Å². The molecule has 0 fully saturated rings. The van der Waals surface area contributed by atoms with Crippen LogP contribution in [0.5, 0.6) is 0 Å².